The van der Waals surface area contributed by atoms with Crippen molar-refractivity contribution < 1.29 is 0 Å². The molecule has 0 saturated carbocycles. The first-order valence-corrected chi connectivity index (χ1v) is 15.2. The summed E-state index contributed by atoms with van der Waals surface area (Å²) in [5.74, 6) is 0. The van der Waals surface area contributed by atoms with Crippen LogP contribution in [-0.2, 0) is 0 Å². The number of nitrogens with zero attached hydrogens (tertiary/aromatic N) is 4. The Hall–Kier alpha value is -6.12. The van der Waals surface area contributed by atoms with E-state index in [1.807, 2.05) is 12.1 Å². The van der Waals surface area contributed by atoms with Crippen LogP contribution in [0, 0.1) is 11.3 Å². The third-order valence-electron chi connectivity index (χ3n) is 9.03. The number of hydrogen-bond donors (Lipinski definition) is 0. The summed E-state index contributed by atoms with van der Waals surface area (Å²) in [5.41, 5.74) is 12.6. The van der Waals surface area contributed by atoms with Gasteiger partial charge in [0.25, 0.3) is 0 Å². The molecule has 4 bridgehead atoms. The Bertz CT molecular complexity index is 2400. The molecule has 0 unspecified atom stereocenters. The molecule has 2 aromatic heterocycles. The average molecular weight is 572 g/mol. The molecule has 0 fully saturated rings. The first-order valence-electron chi connectivity index (χ1n) is 15.2. The molecule has 0 aliphatic carbocycles. The molecule has 0 spiro atoms. The second kappa shape index (κ2) is 9.97. The molecule has 0 radical (unpaired) electrons. The summed E-state index contributed by atoms with van der Waals surface area (Å²) >= 11 is 0. The summed E-state index contributed by atoms with van der Waals surface area (Å²) in [6.07, 6.45) is 4.32. The predicted octanol–water partition coefficient (Wildman–Crippen LogP) is 5.50. The van der Waals surface area contributed by atoms with E-state index in [9.17, 15) is 5.26 Å². The molecular weight excluding hydrogens is 547 g/mol. The van der Waals surface area contributed by atoms with Gasteiger partial charge in [-0.15, -0.1) is 0 Å². The summed E-state index contributed by atoms with van der Waals surface area (Å²) < 4.78 is 4.95. The first-order chi connectivity index (χ1) is 22.3. The van der Waals surface area contributed by atoms with Crippen molar-refractivity contribution in [2.24, 2.45) is 4.99 Å². The number of aliphatic imine (C=N–C) groups is 1. The highest BCUT2D eigenvalue weighted by molar-refractivity contribution is 6.71. The fourth-order valence-electron chi connectivity index (χ4n) is 7.12. The van der Waals surface area contributed by atoms with Crippen LogP contribution >= 0.6 is 0 Å². The second-order valence-corrected chi connectivity index (χ2v) is 11.5. The van der Waals surface area contributed by atoms with Crippen LogP contribution in [0.1, 0.15) is 33.6 Å². The van der Waals surface area contributed by atoms with Crippen molar-refractivity contribution in [3.63, 3.8) is 0 Å². The van der Waals surface area contributed by atoms with Crippen molar-refractivity contribution in [2.75, 3.05) is 0 Å². The molecule has 4 aromatic carbocycles. The van der Waals surface area contributed by atoms with Gasteiger partial charge in [0.1, 0.15) is 0 Å². The monoisotopic (exact) mass is 572 g/mol. The maximum atomic E-state index is 9.65. The van der Waals surface area contributed by atoms with Crippen molar-refractivity contribution >= 4 is 34.9 Å². The van der Waals surface area contributed by atoms with E-state index in [1.165, 1.54) is 11.1 Å². The Balaban J connectivity index is 1.52. The van der Waals surface area contributed by atoms with Crippen molar-refractivity contribution in [3.05, 3.63) is 202 Å². The second-order valence-electron chi connectivity index (χ2n) is 11.5. The fraction of sp³-hybridized carbons (Fsp3) is 0. The van der Waals surface area contributed by atoms with Crippen molar-refractivity contribution in [1.82, 2.24) is 8.96 Å². The highest BCUT2D eigenvalue weighted by Crippen LogP contribution is 2.37. The number of hydrogen-bond acceptors (Lipinski definition) is 2. The number of aromatic nitrogens is 2. The molecule has 3 aliphatic heterocycles. The average Bonchev–Trinajstić information content (AvgIpc) is 3.86. The van der Waals surface area contributed by atoms with Crippen LogP contribution in [0.5, 0.6) is 0 Å². The predicted molar refractivity (Wildman–Crippen MR) is 181 cm³/mol. The lowest BCUT2D eigenvalue weighted by Crippen LogP contribution is -2.57. The van der Waals surface area contributed by atoms with E-state index in [-0.39, 0.29) is 6.98 Å². The molecule has 0 amide bonds. The maximum absolute atomic E-state index is 9.65. The highest BCUT2D eigenvalue weighted by Gasteiger charge is 2.37. The van der Waals surface area contributed by atoms with E-state index in [0.717, 1.165) is 61.2 Å². The van der Waals surface area contributed by atoms with Crippen LogP contribution < -0.4 is 16.2 Å². The Morgan fingerprint density at radius 1 is 0.511 bits per heavy atom. The molecular formula is C40H25BN4. The van der Waals surface area contributed by atoms with Crippen LogP contribution in [0.4, 0.5) is 0 Å². The molecule has 0 atom stereocenters. The van der Waals surface area contributed by atoms with Gasteiger partial charge in [0.2, 0.25) is 0 Å². The van der Waals surface area contributed by atoms with E-state index in [0.29, 0.717) is 5.56 Å². The van der Waals surface area contributed by atoms with E-state index in [4.69, 9.17) is 4.99 Å². The Morgan fingerprint density at radius 2 is 1.04 bits per heavy atom. The standard InChI is InChI=1S/C40H25BN4/c42-26-27-16-18-31(19-17-27)41-44-34-22-24-36(44)40(30-14-8-3-9-15-30)37-25-23-35(45(37)41)39(29-12-6-2-7-13-29)33-21-20-32(43-33)38(34)28-10-4-1-5-11-28/h1-25H. The smallest absolute Gasteiger partial charge is 0.360 e. The molecule has 0 N–H and O–H groups in total. The van der Waals surface area contributed by atoms with Crippen molar-refractivity contribution in [2.45, 2.75) is 0 Å². The molecule has 9 rings (SSSR count). The zero-order chi connectivity index (χ0) is 29.9. The van der Waals surface area contributed by atoms with Gasteiger partial charge in [0.05, 0.1) is 23.0 Å². The molecule has 5 heterocycles. The summed E-state index contributed by atoms with van der Waals surface area (Å²) in [6.45, 7) is -0.207. The lowest BCUT2D eigenvalue weighted by Gasteiger charge is -2.31. The number of allylic oxidation sites excluding steroid dienone is 2. The Morgan fingerprint density at radius 3 is 1.64 bits per heavy atom. The van der Waals surface area contributed by atoms with Crippen LogP contribution in [0.25, 0.3) is 16.7 Å². The summed E-state index contributed by atoms with van der Waals surface area (Å²) in [6, 6.07) is 51.2. The van der Waals surface area contributed by atoms with E-state index in [2.05, 4.69) is 155 Å². The molecule has 3 aliphatic rings. The molecule has 4 nitrogen and oxygen atoms in total. The molecule has 45 heavy (non-hydrogen) atoms. The van der Waals surface area contributed by atoms with Gasteiger partial charge in [-0.1, -0.05) is 103 Å². The Labute approximate surface area is 261 Å². The van der Waals surface area contributed by atoms with Gasteiger partial charge in [-0.3, -0.25) is 0 Å². The summed E-state index contributed by atoms with van der Waals surface area (Å²) in [4.78, 5) is 5.35. The number of benzene rings is 4. The molecule has 208 valence electrons. The largest absolute Gasteiger partial charge is 0.420 e. The summed E-state index contributed by atoms with van der Waals surface area (Å²) in [7, 11) is 0. The number of fused-ring (bicyclic) bond motifs is 1. The third kappa shape index (κ3) is 3.83. The topological polar surface area (TPSA) is 46.0 Å². The van der Waals surface area contributed by atoms with Crippen LogP contribution in [-0.4, -0.2) is 21.7 Å². The van der Waals surface area contributed by atoms with Crippen LogP contribution in [0.2, 0.25) is 0 Å². The van der Waals surface area contributed by atoms with Crippen LogP contribution in [0.15, 0.2) is 162 Å². The van der Waals surface area contributed by atoms with Gasteiger partial charge in [-0.25, -0.2) is 4.99 Å². The minimum absolute atomic E-state index is 0.207. The minimum Gasteiger partial charge on any atom is -0.360 e. The maximum Gasteiger partial charge on any atom is 0.420 e. The van der Waals surface area contributed by atoms with Gasteiger partial charge >= 0.3 is 6.98 Å². The van der Waals surface area contributed by atoms with Gasteiger partial charge in [0.15, 0.2) is 0 Å². The van der Waals surface area contributed by atoms with E-state index >= 15 is 0 Å². The quantitative estimate of drug-likeness (QED) is 0.257. The first kappa shape index (κ1) is 25.4. The lowest BCUT2D eigenvalue weighted by atomic mass is 9.64. The normalized spacial score (nSPS) is 14.5. The number of nitriles is 1. The van der Waals surface area contributed by atoms with Gasteiger partial charge in [-0.05, 0) is 70.7 Å². The minimum atomic E-state index is -0.207. The Kier molecular flexibility index (Phi) is 5.63. The van der Waals surface area contributed by atoms with Gasteiger partial charge < -0.3 is 8.96 Å². The molecule has 0 saturated heterocycles. The van der Waals surface area contributed by atoms with Crippen molar-refractivity contribution in [3.8, 4) is 6.07 Å². The molecule has 6 aromatic rings. The van der Waals surface area contributed by atoms with E-state index in [1.54, 1.807) is 0 Å². The SMILES string of the molecule is N#Cc1ccc(B2n3c4ccc3C(c3ccccc3)=c3ccc(n32)=C(c2ccccc2)C2=NC(=C4c3ccccc3)C=C2)cc1. The number of rotatable bonds is 4. The summed E-state index contributed by atoms with van der Waals surface area (Å²) in [5, 5.41) is 11.9. The third-order valence-corrected chi connectivity index (χ3v) is 9.03. The zero-order valence-electron chi connectivity index (χ0n) is 24.3. The molecule has 5 heteroatoms. The fourth-order valence-corrected chi connectivity index (χ4v) is 7.12. The van der Waals surface area contributed by atoms with Crippen LogP contribution in [0.3, 0.4) is 0 Å². The van der Waals surface area contributed by atoms with Gasteiger partial charge in [-0.2, -0.15) is 5.26 Å². The van der Waals surface area contributed by atoms with Gasteiger partial charge in [0, 0.05) is 38.8 Å². The highest BCUT2D eigenvalue weighted by atomic mass is 15.1. The van der Waals surface area contributed by atoms with E-state index < -0.39 is 0 Å². The zero-order valence-corrected chi connectivity index (χ0v) is 24.3. The van der Waals surface area contributed by atoms with Crippen molar-refractivity contribution in [1.29, 1.82) is 5.26 Å². The lowest BCUT2D eigenvalue weighted by molar-refractivity contribution is 0.968.